The van der Waals surface area contributed by atoms with Crippen LogP contribution in [-0.4, -0.2) is 21.4 Å². The number of hydrogen-bond donors (Lipinski definition) is 1. The number of nitrogens with one attached hydrogen (secondary N) is 1. The van der Waals surface area contributed by atoms with Crippen LogP contribution >= 0.6 is 23.4 Å². The summed E-state index contributed by atoms with van der Waals surface area (Å²) in [5, 5.41) is 7.64. The monoisotopic (exact) mass is 253 g/mol. The summed E-state index contributed by atoms with van der Waals surface area (Å²) < 4.78 is 0. The van der Waals surface area contributed by atoms with Gasteiger partial charge in [0.15, 0.2) is 10.9 Å². The molecule has 6 heteroatoms. The number of aromatic amines is 1. The minimum atomic E-state index is -0.379. The number of halogens is 1. The predicted octanol–water partition coefficient (Wildman–Crippen LogP) is 2.21. The van der Waals surface area contributed by atoms with Gasteiger partial charge in [-0.25, -0.2) is 0 Å². The summed E-state index contributed by atoms with van der Waals surface area (Å²) in [7, 11) is 0. The number of rotatable bonds is 2. The summed E-state index contributed by atoms with van der Waals surface area (Å²) in [5.74, 6) is 0. The van der Waals surface area contributed by atoms with Crippen molar-refractivity contribution in [2.75, 3.05) is 6.26 Å². The molecule has 1 N–H and O–H groups in total. The third-order valence-corrected chi connectivity index (χ3v) is 2.89. The maximum absolute atomic E-state index is 11.7. The average Bonchev–Trinajstić information content (AvgIpc) is 2.30. The van der Waals surface area contributed by atoms with E-state index in [4.69, 9.17) is 11.6 Å². The topological polar surface area (TPSA) is 58.6 Å². The number of H-pyrrole nitrogens is 1. The highest BCUT2D eigenvalue weighted by Gasteiger charge is 2.10. The fraction of sp³-hybridized carbons (Fsp3) is 0.100. The molecule has 2 rings (SSSR count). The molecular weight excluding hydrogens is 246 g/mol. The van der Waals surface area contributed by atoms with E-state index in [1.165, 1.54) is 11.8 Å². The zero-order valence-electron chi connectivity index (χ0n) is 8.40. The van der Waals surface area contributed by atoms with Gasteiger partial charge in [-0.3, -0.25) is 9.89 Å². The molecule has 16 heavy (non-hydrogen) atoms. The molecule has 0 atom stereocenters. The van der Waals surface area contributed by atoms with E-state index < -0.39 is 0 Å². The molecule has 0 spiro atoms. The van der Waals surface area contributed by atoms with E-state index in [1.807, 2.05) is 6.26 Å². The second-order valence-electron chi connectivity index (χ2n) is 2.98. The third-order valence-electron chi connectivity index (χ3n) is 1.99. The molecule has 1 aromatic heterocycles. The van der Waals surface area contributed by atoms with Crippen molar-refractivity contribution in [2.24, 2.45) is 0 Å². The van der Waals surface area contributed by atoms with E-state index >= 15 is 0 Å². The highest BCUT2D eigenvalue weighted by atomic mass is 35.5. The SMILES string of the molecule is CSc1nc(=O)c(-c2ccccc2Cl)n[nH]1. The molecule has 0 amide bonds. The Hall–Kier alpha value is -1.33. The van der Waals surface area contributed by atoms with Crippen LogP contribution in [0.3, 0.4) is 0 Å². The summed E-state index contributed by atoms with van der Waals surface area (Å²) in [6, 6.07) is 7.04. The molecule has 0 aliphatic heterocycles. The van der Waals surface area contributed by atoms with Crippen LogP contribution in [-0.2, 0) is 0 Å². The summed E-state index contributed by atoms with van der Waals surface area (Å²) in [6.45, 7) is 0. The second kappa shape index (κ2) is 4.67. The van der Waals surface area contributed by atoms with Gasteiger partial charge in [-0.15, -0.1) is 0 Å². The highest BCUT2D eigenvalue weighted by molar-refractivity contribution is 7.98. The Morgan fingerprint density at radius 3 is 2.75 bits per heavy atom. The molecule has 0 fully saturated rings. The molecule has 2 aromatic rings. The molecule has 82 valence electrons. The second-order valence-corrected chi connectivity index (χ2v) is 4.18. The van der Waals surface area contributed by atoms with Gasteiger partial charge in [0.25, 0.3) is 0 Å². The summed E-state index contributed by atoms with van der Waals surface area (Å²) in [6.07, 6.45) is 1.81. The zero-order chi connectivity index (χ0) is 11.5. The summed E-state index contributed by atoms with van der Waals surface area (Å²) >= 11 is 7.31. The maximum atomic E-state index is 11.7. The van der Waals surface area contributed by atoms with Gasteiger partial charge >= 0.3 is 5.56 Å². The van der Waals surface area contributed by atoms with Gasteiger partial charge in [0.1, 0.15) is 0 Å². The molecule has 0 aliphatic rings. The molecule has 0 bridgehead atoms. The number of nitrogens with zero attached hydrogens (tertiary/aromatic N) is 2. The summed E-state index contributed by atoms with van der Waals surface area (Å²) in [4.78, 5) is 15.5. The number of thioether (sulfide) groups is 1. The normalized spacial score (nSPS) is 10.4. The largest absolute Gasteiger partial charge is 0.300 e. The summed E-state index contributed by atoms with van der Waals surface area (Å²) in [5.41, 5.74) is 0.449. The van der Waals surface area contributed by atoms with E-state index in [1.54, 1.807) is 24.3 Å². The smallest absolute Gasteiger partial charge is 0.265 e. The average molecular weight is 254 g/mol. The molecule has 1 aromatic carbocycles. The lowest BCUT2D eigenvalue weighted by Gasteiger charge is -2.02. The Bertz CT molecular complexity index is 570. The minimum Gasteiger partial charge on any atom is -0.265 e. The Balaban J connectivity index is 2.58. The Kier molecular flexibility index (Phi) is 3.26. The molecule has 4 nitrogen and oxygen atoms in total. The molecule has 0 saturated carbocycles. The first-order valence-electron chi connectivity index (χ1n) is 4.48. The fourth-order valence-corrected chi connectivity index (χ4v) is 1.78. The Morgan fingerprint density at radius 1 is 1.38 bits per heavy atom. The first-order chi connectivity index (χ1) is 7.72. The van der Waals surface area contributed by atoms with Crippen LogP contribution in [0.1, 0.15) is 0 Å². The van der Waals surface area contributed by atoms with Crippen LogP contribution in [0.25, 0.3) is 11.3 Å². The zero-order valence-corrected chi connectivity index (χ0v) is 9.97. The standard InChI is InChI=1S/C10H8ClN3OS/c1-16-10-12-9(15)8(13-14-10)6-4-2-3-5-7(6)11/h2-5H,1H3,(H,12,14,15). The molecular formula is C10H8ClN3OS. The highest BCUT2D eigenvalue weighted by Crippen LogP contribution is 2.22. The van der Waals surface area contributed by atoms with Crippen molar-refractivity contribution in [3.8, 4) is 11.3 Å². The molecule has 0 aliphatic carbocycles. The van der Waals surface area contributed by atoms with Gasteiger partial charge < -0.3 is 0 Å². The lowest BCUT2D eigenvalue weighted by Crippen LogP contribution is -2.14. The quantitative estimate of drug-likeness (QED) is 0.834. The van der Waals surface area contributed by atoms with Crippen LogP contribution < -0.4 is 5.56 Å². The maximum Gasteiger partial charge on any atom is 0.300 e. The first-order valence-corrected chi connectivity index (χ1v) is 6.08. The fourth-order valence-electron chi connectivity index (χ4n) is 1.24. The van der Waals surface area contributed by atoms with Crippen molar-refractivity contribution in [3.63, 3.8) is 0 Å². The third kappa shape index (κ3) is 2.10. The van der Waals surface area contributed by atoms with Crippen LogP contribution in [0.5, 0.6) is 0 Å². The van der Waals surface area contributed by atoms with Crippen molar-refractivity contribution >= 4 is 23.4 Å². The number of benzene rings is 1. The van der Waals surface area contributed by atoms with E-state index in [0.29, 0.717) is 15.7 Å². The molecule has 0 saturated heterocycles. The van der Waals surface area contributed by atoms with Gasteiger partial charge in [-0.1, -0.05) is 41.6 Å². The number of aromatic nitrogens is 3. The van der Waals surface area contributed by atoms with Gasteiger partial charge in [0.2, 0.25) is 0 Å². The van der Waals surface area contributed by atoms with Gasteiger partial charge in [0.05, 0.1) is 5.02 Å². The Labute approximate surface area is 101 Å². The van der Waals surface area contributed by atoms with Gasteiger partial charge in [-0.05, 0) is 12.3 Å². The van der Waals surface area contributed by atoms with E-state index in [9.17, 15) is 4.79 Å². The molecule has 0 radical (unpaired) electrons. The lowest BCUT2D eigenvalue weighted by atomic mass is 10.2. The van der Waals surface area contributed by atoms with Crippen molar-refractivity contribution in [1.82, 2.24) is 15.2 Å². The van der Waals surface area contributed by atoms with E-state index in [2.05, 4.69) is 15.2 Å². The van der Waals surface area contributed by atoms with E-state index in [-0.39, 0.29) is 11.3 Å². The minimum absolute atomic E-state index is 0.239. The lowest BCUT2D eigenvalue weighted by molar-refractivity contribution is 0.826. The van der Waals surface area contributed by atoms with Gasteiger partial charge in [0, 0.05) is 5.56 Å². The van der Waals surface area contributed by atoms with Crippen LogP contribution in [0, 0.1) is 0 Å². The van der Waals surface area contributed by atoms with Crippen molar-refractivity contribution < 1.29 is 0 Å². The Morgan fingerprint density at radius 2 is 2.12 bits per heavy atom. The van der Waals surface area contributed by atoms with Crippen molar-refractivity contribution in [1.29, 1.82) is 0 Å². The van der Waals surface area contributed by atoms with Crippen molar-refractivity contribution in [3.05, 3.63) is 39.6 Å². The van der Waals surface area contributed by atoms with Crippen LogP contribution in [0.4, 0.5) is 0 Å². The molecule has 0 unspecified atom stereocenters. The number of hydrogen-bond acceptors (Lipinski definition) is 4. The van der Waals surface area contributed by atoms with Gasteiger partial charge in [-0.2, -0.15) is 10.1 Å². The van der Waals surface area contributed by atoms with Crippen molar-refractivity contribution in [2.45, 2.75) is 5.16 Å². The first kappa shape index (κ1) is 11.2. The predicted molar refractivity (Wildman–Crippen MR) is 64.9 cm³/mol. The van der Waals surface area contributed by atoms with Crippen LogP contribution in [0.2, 0.25) is 5.02 Å². The van der Waals surface area contributed by atoms with Crippen LogP contribution in [0.15, 0.2) is 34.2 Å². The van der Waals surface area contributed by atoms with E-state index in [0.717, 1.165) is 0 Å². The molecule has 1 heterocycles.